The molecule has 4 atom stereocenters. The molecule has 4 N–H and O–H groups in total. The number of benzene rings is 6. The van der Waals surface area contributed by atoms with Crippen LogP contribution in [0.2, 0.25) is 0 Å². The number of hydrogen-bond acceptors (Lipinski definition) is 8. The number of aromatic nitrogens is 2. The summed E-state index contributed by atoms with van der Waals surface area (Å²) >= 11 is 0. The summed E-state index contributed by atoms with van der Waals surface area (Å²) in [5, 5.41) is 38.1. The summed E-state index contributed by atoms with van der Waals surface area (Å²) in [5.41, 5.74) is 19.1. The number of rotatable bonds is 12. The molecule has 0 aliphatic heterocycles. The molecule has 0 spiro atoms. The molecule has 0 fully saturated rings. The molecule has 2 heterocycles. The Morgan fingerprint density at radius 1 is 0.314 bits per heavy atom. The maximum Gasteiger partial charge on any atom is 0.0657 e. The third kappa shape index (κ3) is 14.6. The van der Waals surface area contributed by atoms with Crippen LogP contribution in [0.4, 0.5) is 22.7 Å². The van der Waals surface area contributed by atoms with Gasteiger partial charge >= 0.3 is 0 Å². The van der Waals surface area contributed by atoms with Gasteiger partial charge in [0, 0.05) is 56.3 Å². The predicted molar refractivity (Wildman–Crippen MR) is 283 cm³/mol. The summed E-state index contributed by atoms with van der Waals surface area (Å²) in [6, 6.07) is 48.7. The first-order valence-corrected chi connectivity index (χ1v) is 23.6. The Labute approximate surface area is 437 Å². The minimum Gasteiger partial charge on any atom is -0.873 e. The van der Waals surface area contributed by atoms with Crippen LogP contribution in [-0.4, -0.2) is 9.97 Å². The Hall–Kier alpha value is -6.31. The fourth-order valence-corrected chi connectivity index (χ4v) is 8.43. The molecule has 2 aromatic heterocycles. The molecule has 0 bridgehead atoms. The molecule has 10 heteroatoms. The molecule has 0 aliphatic rings. The summed E-state index contributed by atoms with van der Waals surface area (Å²) < 4.78 is 0. The molecule has 0 saturated carbocycles. The largest absolute Gasteiger partial charge is 0.873 e. The summed E-state index contributed by atoms with van der Waals surface area (Å²) in [6.07, 6.45) is 0. The Morgan fingerprint density at radius 3 is 0.729 bits per heavy atom. The maximum absolute atomic E-state index is 10.9. The number of para-hydroxylation sites is 4. The van der Waals surface area contributed by atoms with Crippen LogP contribution >= 0.6 is 0 Å². The van der Waals surface area contributed by atoms with E-state index < -0.39 is 11.5 Å². The Balaban J connectivity index is 0.000000241. The van der Waals surface area contributed by atoms with E-state index in [9.17, 15) is 10.2 Å². The van der Waals surface area contributed by atoms with Crippen LogP contribution in [0.3, 0.4) is 0 Å². The van der Waals surface area contributed by atoms with Crippen molar-refractivity contribution in [1.82, 2.24) is 9.97 Å². The standard InChI is InChI=1S/2C25H31N3.C10H8O2.2Co/c2*1-16-10-7-11-17(2)24(16)26-20(5)22-14-9-15-23(28-22)21(6)27-25-18(3)12-8-13-19(25)4;11-9-5-7-3-1-2-4-8(7)6-10(9)12;;/h2*7-15,20-21,26-27H,1-6H3;1-6,11-12H;;/p-2. The van der Waals surface area contributed by atoms with Crippen LogP contribution in [-0.2, 0) is 33.6 Å². The van der Waals surface area contributed by atoms with E-state index >= 15 is 0 Å². The van der Waals surface area contributed by atoms with Gasteiger partial charge in [-0.1, -0.05) is 121 Å². The molecule has 0 amide bonds. The van der Waals surface area contributed by atoms with Crippen molar-refractivity contribution in [2.24, 2.45) is 0 Å². The zero-order valence-electron chi connectivity index (χ0n) is 42.5. The fourth-order valence-electron chi connectivity index (χ4n) is 8.43. The molecule has 8 aromatic rings. The van der Waals surface area contributed by atoms with Gasteiger partial charge in [0.15, 0.2) is 0 Å². The van der Waals surface area contributed by atoms with Crippen molar-refractivity contribution in [1.29, 1.82) is 0 Å². The molecule has 8 rings (SSSR count). The van der Waals surface area contributed by atoms with E-state index in [1.807, 2.05) is 24.3 Å². The van der Waals surface area contributed by atoms with Gasteiger partial charge in [0.1, 0.15) is 0 Å². The van der Waals surface area contributed by atoms with Gasteiger partial charge in [-0.3, -0.25) is 9.97 Å². The van der Waals surface area contributed by atoms with Gasteiger partial charge < -0.3 is 31.5 Å². The first-order valence-electron chi connectivity index (χ1n) is 23.6. The monoisotopic (exact) mass is 1020 g/mol. The Kier molecular flexibility index (Phi) is 21.0. The molecular weight excluding hydrogens is 955 g/mol. The fraction of sp³-hybridized carbons (Fsp3) is 0.267. The van der Waals surface area contributed by atoms with E-state index in [2.05, 4.69) is 214 Å². The van der Waals surface area contributed by atoms with Crippen LogP contribution in [0.15, 0.2) is 146 Å². The second-order valence-electron chi connectivity index (χ2n) is 18.2. The Morgan fingerprint density at radius 2 is 0.514 bits per heavy atom. The molecule has 70 heavy (non-hydrogen) atoms. The van der Waals surface area contributed by atoms with E-state index in [1.165, 1.54) is 79.4 Å². The third-order valence-corrected chi connectivity index (χ3v) is 12.5. The topological polar surface area (TPSA) is 120 Å². The van der Waals surface area contributed by atoms with Gasteiger partial charge in [0.05, 0.1) is 46.9 Å². The first kappa shape index (κ1) is 56.3. The van der Waals surface area contributed by atoms with Crippen molar-refractivity contribution in [2.75, 3.05) is 21.3 Å². The van der Waals surface area contributed by atoms with Crippen molar-refractivity contribution >= 4 is 33.5 Å². The molecule has 4 unspecified atom stereocenters. The second-order valence-corrected chi connectivity index (χ2v) is 18.2. The van der Waals surface area contributed by atoms with Crippen molar-refractivity contribution in [3.63, 3.8) is 0 Å². The smallest absolute Gasteiger partial charge is 0.0657 e. The molecule has 0 saturated heterocycles. The van der Waals surface area contributed by atoms with Gasteiger partial charge in [-0.2, -0.15) is 0 Å². The summed E-state index contributed by atoms with van der Waals surface area (Å²) in [7, 11) is 0. The molecule has 0 aliphatic carbocycles. The van der Waals surface area contributed by atoms with Crippen LogP contribution < -0.4 is 31.5 Å². The number of hydrogen-bond donors (Lipinski definition) is 4. The predicted octanol–water partition coefficient (Wildman–Crippen LogP) is 14.3. The number of nitrogens with one attached hydrogen (secondary N) is 4. The quantitative estimate of drug-likeness (QED) is 0.0955. The minimum absolute atomic E-state index is 0. The van der Waals surface area contributed by atoms with E-state index in [0.29, 0.717) is 0 Å². The van der Waals surface area contributed by atoms with E-state index in [0.717, 1.165) is 33.5 Å². The third-order valence-electron chi connectivity index (χ3n) is 12.5. The van der Waals surface area contributed by atoms with Gasteiger partial charge in [0.25, 0.3) is 0 Å². The van der Waals surface area contributed by atoms with E-state index in [1.54, 1.807) is 0 Å². The van der Waals surface area contributed by atoms with E-state index in [-0.39, 0.29) is 57.7 Å². The number of nitrogens with zero attached hydrogens (tertiary/aromatic N) is 2. The number of fused-ring (bicyclic) bond motifs is 1. The molecular formula is C60H68Co2N6O2-2. The van der Waals surface area contributed by atoms with Gasteiger partial charge in [-0.15, -0.1) is 11.5 Å². The summed E-state index contributed by atoms with van der Waals surface area (Å²) in [4.78, 5) is 9.92. The normalized spacial score (nSPS) is 12.2. The van der Waals surface area contributed by atoms with Crippen molar-refractivity contribution in [2.45, 2.75) is 107 Å². The zero-order chi connectivity index (χ0) is 49.1. The van der Waals surface area contributed by atoms with Crippen molar-refractivity contribution < 1.29 is 43.8 Å². The molecule has 370 valence electrons. The van der Waals surface area contributed by atoms with Crippen LogP contribution in [0.5, 0.6) is 11.5 Å². The van der Waals surface area contributed by atoms with Crippen LogP contribution in [0.1, 0.15) is 119 Å². The second kappa shape index (κ2) is 26.1. The van der Waals surface area contributed by atoms with Gasteiger partial charge in [-0.05, 0) is 163 Å². The van der Waals surface area contributed by atoms with Crippen LogP contribution in [0.25, 0.3) is 10.8 Å². The maximum atomic E-state index is 10.9. The average Bonchev–Trinajstić information content (AvgIpc) is 3.32. The van der Waals surface area contributed by atoms with Gasteiger partial charge in [0.2, 0.25) is 0 Å². The minimum atomic E-state index is -0.436. The summed E-state index contributed by atoms with van der Waals surface area (Å²) in [5.74, 6) is -0.873. The molecule has 6 aromatic carbocycles. The molecule has 2 radical (unpaired) electrons. The van der Waals surface area contributed by atoms with Crippen molar-refractivity contribution in [3.05, 3.63) is 213 Å². The summed E-state index contributed by atoms with van der Waals surface area (Å²) in [6.45, 7) is 25.8. The first-order chi connectivity index (χ1) is 32.5. The number of anilines is 4. The van der Waals surface area contributed by atoms with Crippen LogP contribution in [0, 0.1) is 55.4 Å². The number of pyridine rings is 2. The van der Waals surface area contributed by atoms with Crippen molar-refractivity contribution in [3.8, 4) is 11.5 Å². The van der Waals surface area contributed by atoms with Gasteiger partial charge in [-0.25, -0.2) is 0 Å². The van der Waals surface area contributed by atoms with E-state index in [4.69, 9.17) is 9.97 Å². The zero-order valence-corrected chi connectivity index (χ0v) is 44.6. The SMILES string of the molecule is Cc1cccc(C)c1NC(C)c1cccc(C(C)Nc2c(C)cccc2C)n1.Cc1cccc(C)c1NC(C)c1cccc(C(C)Nc2c(C)cccc2C)n1.[Co].[Co].[O-]c1cc2ccccc2cc1[O-]. The molecule has 8 nitrogen and oxygen atoms in total. The number of aryl methyl sites for hydroxylation is 8. The average molecular weight is 1020 g/mol. The Bertz CT molecular complexity index is 2550.